The topological polar surface area (TPSA) is 69.6 Å². The van der Waals surface area contributed by atoms with Gasteiger partial charge in [0.15, 0.2) is 0 Å². The van der Waals surface area contributed by atoms with Gasteiger partial charge in [-0.2, -0.15) is 5.10 Å². The quantitative estimate of drug-likeness (QED) is 0.887. The van der Waals surface area contributed by atoms with E-state index in [0.29, 0.717) is 11.9 Å². The summed E-state index contributed by atoms with van der Waals surface area (Å²) in [6, 6.07) is 2.24. The molecule has 19 heavy (non-hydrogen) atoms. The van der Waals surface area contributed by atoms with E-state index in [1.54, 1.807) is 4.68 Å². The van der Waals surface area contributed by atoms with Crippen LogP contribution >= 0.6 is 0 Å². The minimum atomic E-state index is 0.181. The van der Waals surface area contributed by atoms with E-state index in [2.05, 4.69) is 28.1 Å². The predicted octanol–water partition coefficient (Wildman–Crippen LogP) is 1.82. The number of hydrogen-bond donors (Lipinski definition) is 1. The summed E-state index contributed by atoms with van der Waals surface area (Å²) in [7, 11) is 0. The van der Waals surface area contributed by atoms with Crippen LogP contribution in [0.5, 0.6) is 0 Å². The van der Waals surface area contributed by atoms with Crippen LogP contribution in [0.25, 0.3) is 5.95 Å². The van der Waals surface area contributed by atoms with Gasteiger partial charge in [-0.05, 0) is 37.3 Å². The van der Waals surface area contributed by atoms with Gasteiger partial charge in [-0.15, -0.1) is 0 Å². The highest BCUT2D eigenvalue weighted by Crippen LogP contribution is 2.38. The minimum Gasteiger partial charge on any atom is -0.327 e. The Kier molecular flexibility index (Phi) is 3.29. The Labute approximate surface area is 112 Å². The number of nitrogens with zero attached hydrogens (tertiary/aromatic N) is 4. The van der Waals surface area contributed by atoms with Crippen LogP contribution in [0.4, 0.5) is 0 Å². The highest BCUT2D eigenvalue weighted by Gasteiger charge is 2.26. The van der Waals surface area contributed by atoms with Gasteiger partial charge in [0.1, 0.15) is 0 Å². The third-order valence-electron chi connectivity index (χ3n) is 3.52. The Hall–Kier alpha value is -1.75. The molecule has 2 aromatic heterocycles. The molecule has 0 bridgehead atoms. The van der Waals surface area contributed by atoms with Gasteiger partial charge >= 0.3 is 0 Å². The molecule has 0 aromatic carbocycles. The Morgan fingerprint density at radius 2 is 2.11 bits per heavy atom. The molecule has 1 atom stereocenters. The van der Waals surface area contributed by atoms with Gasteiger partial charge in [0.25, 0.3) is 0 Å². The maximum absolute atomic E-state index is 5.92. The average molecular weight is 257 g/mol. The van der Waals surface area contributed by atoms with Crippen LogP contribution in [-0.4, -0.2) is 25.8 Å². The van der Waals surface area contributed by atoms with Gasteiger partial charge in [0.05, 0.1) is 5.69 Å². The lowest BCUT2D eigenvalue weighted by atomic mass is 10.1. The molecule has 0 aliphatic heterocycles. The molecule has 2 heterocycles. The molecule has 0 saturated heterocycles. The second-order valence-electron chi connectivity index (χ2n) is 5.22. The van der Waals surface area contributed by atoms with Crippen molar-refractivity contribution in [3.63, 3.8) is 0 Å². The van der Waals surface area contributed by atoms with E-state index in [4.69, 9.17) is 5.73 Å². The van der Waals surface area contributed by atoms with E-state index < -0.39 is 0 Å². The summed E-state index contributed by atoms with van der Waals surface area (Å²) in [5.74, 6) is 1.28. The van der Waals surface area contributed by atoms with Gasteiger partial charge in [-0.25, -0.2) is 14.6 Å². The van der Waals surface area contributed by atoms with Crippen molar-refractivity contribution in [1.82, 2.24) is 19.7 Å². The molecule has 2 N–H and O–H groups in total. The first-order valence-electron chi connectivity index (χ1n) is 6.88. The monoisotopic (exact) mass is 257 g/mol. The molecule has 1 saturated carbocycles. The van der Waals surface area contributed by atoms with E-state index in [1.165, 1.54) is 12.8 Å². The Balaban J connectivity index is 1.73. The maximum Gasteiger partial charge on any atom is 0.250 e. The third-order valence-corrected chi connectivity index (χ3v) is 3.52. The Bertz CT molecular complexity index is 541. The van der Waals surface area contributed by atoms with Crippen LogP contribution in [0.2, 0.25) is 0 Å². The van der Waals surface area contributed by atoms with Gasteiger partial charge in [0, 0.05) is 30.6 Å². The van der Waals surface area contributed by atoms with Crippen LogP contribution in [0, 0.1) is 0 Å². The molecule has 0 spiro atoms. The summed E-state index contributed by atoms with van der Waals surface area (Å²) in [5, 5.41) is 4.52. The number of aromatic nitrogens is 4. The van der Waals surface area contributed by atoms with Crippen molar-refractivity contribution < 1.29 is 0 Å². The van der Waals surface area contributed by atoms with Crippen LogP contribution in [0.1, 0.15) is 43.4 Å². The van der Waals surface area contributed by atoms with Crippen molar-refractivity contribution in [2.75, 3.05) is 0 Å². The highest BCUT2D eigenvalue weighted by atomic mass is 15.3. The van der Waals surface area contributed by atoms with E-state index in [0.717, 1.165) is 24.1 Å². The zero-order valence-electron chi connectivity index (χ0n) is 11.2. The summed E-state index contributed by atoms with van der Waals surface area (Å²) >= 11 is 0. The fourth-order valence-electron chi connectivity index (χ4n) is 2.07. The molecule has 1 aliphatic rings. The van der Waals surface area contributed by atoms with E-state index in [1.807, 2.05) is 18.6 Å². The predicted molar refractivity (Wildman–Crippen MR) is 73.1 cm³/mol. The average Bonchev–Trinajstić information content (AvgIpc) is 3.17. The lowest BCUT2D eigenvalue weighted by Gasteiger charge is -2.08. The zero-order chi connectivity index (χ0) is 13.2. The third kappa shape index (κ3) is 2.81. The molecule has 2 aromatic rings. The smallest absolute Gasteiger partial charge is 0.250 e. The lowest BCUT2D eigenvalue weighted by Crippen LogP contribution is -2.21. The van der Waals surface area contributed by atoms with Crippen molar-refractivity contribution in [2.45, 2.75) is 44.6 Å². The molecule has 0 amide bonds. The molecule has 1 fully saturated rings. The standard InChI is InChI=1S/C14H19N5/c1-2-12(15)7-10-8-16-14(17-9-10)19-6-5-13(18-19)11-3-4-11/h5-6,8-9,11-12H,2-4,7,15H2,1H3. The van der Waals surface area contributed by atoms with Crippen molar-refractivity contribution >= 4 is 0 Å². The van der Waals surface area contributed by atoms with Crippen LogP contribution in [0.15, 0.2) is 24.7 Å². The highest BCUT2D eigenvalue weighted by molar-refractivity contribution is 5.19. The molecule has 1 aliphatic carbocycles. The van der Waals surface area contributed by atoms with Gasteiger partial charge in [0.2, 0.25) is 5.95 Å². The fourth-order valence-corrected chi connectivity index (χ4v) is 2.07. The fraction of sp³-hybridized carbons (Fsp3) is 0.500. The largest absolute Gasteiger partial charge is 0.327 e. The van der Waals surface area contributed by atoms with Crippen LogP contribution in [0.3, 0.4) is 0 Å². The summed E-state index contributed by atoms with van der Waals surface area (Å²) in [6.45, 7) is 2.09. The minimum absolute atomic E-state index is 0.181. The Morgan fingerprint density at radius 1 is 1.37 bits per heavy atom. The van der Waals surface area contributed by atoms with E-state index in [9.17, 15) is 0 Å². The molecular weight excluding hydrogens is 238 g/mol. The van der Waals surface area contributed by atoms with Gasteiger partial charge in [-0.3, -0.25) is 0 Å². The van der Waals surface area contributed by atoms with Gasteiger partial charge < -0.3 is 5.73 Å². The zero-order valence-corrected chi connectivity index (χ0v) is 11.2. The molecule has 0 radical (unpaired) electrons. The summed E-state index contributed by atoms with van der Waals surface area (Å²) in [6.07, 6.45) is 9.92. The van der Waals surface area contributed by atoms with Crippen LogP contribution < -0.4 is 5.73 Å². The number of rotatable bonds is 5. The molecular formula is C14H19N5. The first kappa shape index (κ1) is 12.3. The molecule has 5 heteroatoms. The van der Waals surface area contributed by atoms with E-state index >= 15 is 0 Å². The maximum atomic E-state index is 5.92. The van der Waals surface area contributed by atoms with Gasteiger partial charge in [-0.1, -0.05) is 6.92 Å². The Morgan fingerprint density at radius 3 is 2.74 bits per heavy atom. The van der Waals surface area contributed by atoms with Crippen molar-refractivity contribution in [2.24, 2.45) is 5.73 Å². The first-order valence-corrected chi connectivity index (χ1v) is 6.88. The van der Waals surface area contributed by atoms with Crippen molar-refractivity contribution in [3.05, 3.63) is 35.9 Å². The molecule has 100 valence electrons. The second kappa shape index (κ2) is 5.09. The lowest BCUT2D eigenvalue weighted by molar-refractivity contribution is 0.642. The molecule has 1 unspecified atom stereocenters. The molecule has 5 nitrogen and oxygen atoms in total. The number of nitrogens with two attached hydrogens (primary N) is 1. The normalized spacial score (nSPS) is 16.5. The summed E-state index contributed by atoms with van der Waals surface area (Å²) in [5.41, 5.74) is 8.15. The second-order valence-corrected chi connectivity index (χ2v) is 5.22. The summed E-state index contributed by atoms with van der Waals surface area (Å²) < 4.78 is 1.75. The van der Waals surface area contributed by atoms with Crippen molar-refractivity contribution in [1.29, 1.82) is 0 Å². The summed E-state index contributed by atoms with van der Waals surface area (Å²) in [4.78, 5) is 8.73. The van der Waals surface area contributed by atoms with E-state index in [-0.39, 0.29) is 6.04 Å². The SMILES string of the molecule is CCC(N)Cc1cnc(-n2ccc(C3CC3)n2)nc1. The van der Waals surface area contributed by atoms with Crippen molar-refractivity contribution in [3.8, 4) is 5.95 Å². The first-order chi connectivity index (χ1) is 9.26. The number of hydrogen-bond acceptors (Lipinski definition) is 4. The van der Waals surface area contributed by atoms with Crippen LogP contribution in [-0.2, 0) is 6.42 Å². The molecule has 3 rings (SSSR count).